The van der Waals surface area contributed by atoms with E-state index in [1.54, 1.807) is 6.07 Å². The van der Waals surface area contributed by atoms with E-state index in [9.17, 15) is 22.4 Å². The van der Waals surface area contributed by atoms with Gasteiger partial charge in [0.1, 0.15) is 5.82 Å². The molecular formula is C17H9ClF4N2OS. The zero-order valence-electron chi connectivity index (χ0n) is 12.8. The van der Waals surface area contributed by atoms with E-state index in [1.807, 2.05) is 0 Å². The average Bonchev–Trinajstić information content (AvgIpc) is 2.87. The number of thioether (sulfide) groups is 1. The van der Waals surface area contributed by atoms with Crippen molar-refractivity contribution in [3.8, 4) is 0 Å². The Labute approximate surface area is 154 Å². The summed E-state index contributed by atoms with van der Waals surface area (Å²) in [6, 6.07) is 8.85. The lowest BCUT2D eigenvalue weighted by Gasteiger charge is -2.09. The van der Waals surface area contributed by atoms with Crippen LogP contribution in [0.25, 0.3) is 6.08 Å². The predicted octanol–water partition coefficient (Wildman–Crippen LogP) is 5.39. The summed E-state index contributed by atoms with van der Waals surface area (Å²) in [6.07, 6.45) is -3.14. The third-order valence-corrected chi connectivity index (χ3v) is 4.52. The smallest absolute Gasteiger partial charge is 0.300 e. The highest BCUT2D eigenvalue weighted by Crippen LogP contribution is 2.37. The molecule has 9 heteroatoms. The Morgan fingerprint density at radius 2 is 1.92 bits per heavy atom. The van der Waals surface area contributed by atoms with Crippen molar-refractivity contribution in [1.82, 2.24) is 5.32 Å². The van der Waals surface area contributed by atoms with Gasteiger partial charge in [-0.2, -0.15) is 13.2 Å². The van der Waals surface area contributed by atoms with Gasteiger partial charge in [-0.25, -0.2) is 9.38 Å². The Morgan fingerprint density at radius 3 is 2.62 bits per heavy atom. The van der Waals surface area contributed by atoms with Crippen LogP contribution in [-0.2, 0) is 11.0 Å². The van der Waals surface area contributed by atoms with E-state index < -0.39 is 28.5 Å². The van der Waals surface area contributed by atoms with E-state index in [1.165, 1.54) is 30.3 Å². The number of carbonyl (C=O) groups excluding carboxylic acids is 1. The van der Waals surface area contributed by atoms with E-state index in [0.29, 0.717) is 5.56 Å². The zero-order valence-corrected chi connectivity index (χ0v) is 14.3. The number of amides is 1. The number of nitrogens with one attached hydrogen (secondary N) is 1. The SMILES string of the molecule is O=C1NC(=Nc2ccc(Cl)c(C(F)(F)F)c2)SC1=Cc1cccc(F)c1. The highest BCUT2D eigenvalue weighted by atomic mass is 35.5. The maximum atomic E-state index is 13.2. The molecule has 0 aliphatic carbocycles. The Morgan fingerprint density at radius 1 is 1.15 bits per heavy atom. The summed E-state index contributed by atoms with van der Waals surface area (Å²) in [6.45, 7) is 0. The number of halogens is 5. The molecule has 0 spiro atoms. The quantitative estimate of drug-likeness (QED) is 0.542. The first-order valence-corrected chi connectivity index (χ1v) is 8.34. The monoisotopic (exact) mass is 400 g/mol. The van der Waals surface area contributed by atoms with Gasteiger partial charge in [-0.1, -0.05) is 23.7 Å². The van der Waals surface area contributed by atoms with Gasteiger partial charge in [0.25, 0.3) is 5.91 Å². The van der Waals surface area contributed by atoms with Crippen LogP contribution in [0.15, 0.2) is 52.4 Å². The average molecular weight is 401 g/mol. The minimum absolute atomic E-state index is 0.00321. The van der Waals surface area contributed by atoms with Crippen molar-refractivity contribution in [3.63, 3.8) is 0 Å². The van der Waals surface area contributed by atoms with Gasteiger partial charge in [0, 0.05) is 0 Å². The third kappa shape index (κ3) is 4.25. The topological polar surface area (TPSA) is 41.5 Å². The second-order valence-electron chi connectivity index (χ2n) is 5.20. The summed E-state index contributed by atoms with van der Waals surface area (Å²) in [5.74, 6) is -0.916. The first-order chi connectivity index (χ1) is 12.2. The van der Waals surface area contributed by atoms with Crippen LogP contribution < -0.4 is 5.32 Å². The van der Waals surface area contributed by atoms with Gasteiger partial charge in [0.05, 0.1) is 21.2 Å². The molecule has 1 N–H and O–H groups in total. The van der Waals surface area contributed by atoms with Crippen LogP contribution in [0, 0.1) is 5.82 Å². The molecule has 2 aromatic carbocycles. The van der Waals surface area contributed by atoms with Gasteiger partial charge >= 0.3 is 6.18 Å². The van der Waals surface area contributed by atoms with Crippen LogP contribution in [0.4, 0.5) is 23.2 Å². The van der Waals surface area contributed by atoms with Gasteiger partial charge in [0.15, 0.2) is 5.17 Å². The van der Waals surface area contributed by atoms with Crippen LogP contribution in [-0.4, -0.2) is 11.1 Å². The number of hydrogen-bond acceptors (Lipinski definition) is 3. The van der Waals surface area contributed by atoms with Crippen molar-refractivity contribution in [2.45, 2.75) is 6.18 Å². The molecule has 1 amide bonds. The molecule has 134 valence electrons. The predicted molar refractivity (Wildman–Crippen MR) is 93.7 cm³/mol. The highest BCUT2D eigenvalue weighted by molar-refractivity contribution is 8.18. The van der Waals surface area contributed by atoms with E-state index in [-0.39, 0.29) is 15.8 Å². The maximum Gasteiger partial charge on any atom is 0.417 e. The molecule has 1 saturated heterocycles. The molecule has 1 aliphatic rings. The molecule has 3 rings (SSSR count). The number of amidine groups is 1. The van der Waals surface area contributed by atoms with Crippen molar-refractivity contribution in [2.75, 3.05) is 0 Å². The molecule has 0 saturated carbocycles. The summed E-state index contributed by atoms with van der Waals surface area (Å²) >= 11 is 6.51. The Kier molecular flexibility index (Phi) is 5.06. The number of hydrogen-bond donors (Lipinski definition) is 1. The lowest BCUT2D eigenvalue weighted by Crippen LogP contribution is -2.19. The zero-order chi connectivity index (χ0) is 18.9. The molecule has 1 heterocycles. The van der Waals surface area contributed by atoms with Crippen LogP contribution in [0.2, 0.25) is 5.02 Å². The minimum Gasteiger partial charge on any atom is -0.300 e. The number of rotatable bonds is 2. The van der Waals surface area contributed by atoms with Crippen molar-refractivity contribution in [3.05, 3.63) is 69.3 Å². The lowest BCUT2D eigenvalue weighted by molar-refractivity contribution is -0.137. The fourth-order valence-corrected chi connectivity index (χ4v) is 3.21. The first-order valence-electron chi connectivity index (χ1n) is 7.14. The summed E-state index contributed by atoms with van der Waals surface area (Å²) in [5, 5.41) is 2.14. The van der Waals surface area contributed by atoms with E-state index in [2.05, 4.69) is 10.3 Å². The molecule has 0 atom stereocenters. The van der Waals surface area contributed by atoms with Crippen molar-refractivity contribution >= 4 is 46.2 Å². The van der Waals surface area contributed by atoms with Gasteiger partial charge < -0.3 is 5.32 Å². The Bertz CT molecular complexity index is 941. The van der Waals surface area contributed by atoms with Crippen molar-refractivity contribution in [2.24, 2.45) is 4.99 Å². The lowest BCUT2D eigenvalue weighted by atomic mass is 10.2. The molecule has 0 radical (unpaired) electrons. The van der Waals surface area contributed by atoms with Crippen LogP contribution in [0.1, 0.15) is 11.1 Å². The number of benzene rings is 2. The minimum atomic E-state index is -4.61. The second kappa shape index (κ2) is 7.13. The molecule has 0 bridgehead atoms. The third-order valence-electron chi connectivity index (χ3n) is 3.28. The van der Waals surface area contributed by atoms with Crippen molar-refractivity contribution < 1.29 is 22.4 Å². The van der Waals surface area contributed by atoms with E-state index >= 15 is 0 Å². The summed E-state index contributed by atoms with van der Waals surface area (Å²) in [4.78, 5) is 16.2. The molecule has 0 unspecified atom stereocenters. The molecule has 3 nitrogen and oxygen atoms in total. The van der Waals surface area contributed by atoms with Gasteiger partial charge in [0.2, 0.25) is 0 Å². The standard InChI is InChI=1S/C17H9ClF4N2OS/c18-13-5-4-11(8-12(13)17(20,21)22)23-16-24-15(25)14(26-16)7-9-2-1-3-10(19)6-9/h1-8H,(H,23,24,25). The van der Waals surface area contributed by atoms with Crippen LogP contribution in [0.5, 0.6) is 0 Å². The highest BCUT2D eigenvalue weighted by Gasteiger charge is 2.33. The van der Waals surface area contributed by atoms with E-state index in [0.717, 1.165) is 23.9 Å². The second-order valence-corrected chi connectivity index (χ2v) is 6.64. The van der Waals surface area contributed by atoms with E-state index in [4.69, 9.17) is 11.6 Å². The van der Waals surface area contributed by atoms with Gasteiger partial charge in [-0.05, 0) is 53.7 Å². The number of aliphatic imine (C=N–C) groups is 1. The normalized spacial score (nSPS) is 17.8. The van der Waals surface area contributed by atoms with Crippen LogP contribution in [0.3, 0.4) is 0 Å². The summed E-state index contributed by atoms with van der Waals surface area (Å²) < 4.78 is 51.9. The molecule has 26 heavy (non-hydrogen) atoms. The molecule has 2 aromatic rings. The summed E-state index contributed by atoms with van der Waals surface area (Å²) in [7, 11) is 0. The largest absolute Gasteiger partial charge is 0.417 e. The van der Waals surface area contributed by atoms with Crippen LogP contribution >= 0.6 is 23.4 Å². The number of carbonyl (C=O) groups is 1. The van der Waals surface area contributed by atoms with Gasteiger partial charge in [-0.15, -0.1) is 0 Å². The number of alkyl halides is 3. The molecule has 0 aromatic heterocycles. The molecule has 1 fully saturated rings. The maximum absolute atomic E-state index is 13.2. The summed E-state index contributed by atoms with van der Waals surface area (Å²) in [5.41, 5.74) is -0.530. The molecule has 1 aliphatic heterocycles. The van der Waals surface area contributed by atoms with Crippen molar-refractivity contribution in [1.29, 1.82) is 0 Å². The van der Waals surface area contributed by atoms with Gasteiger partial charge in [-0.3, -0.25) is 4.79 Å². The first kappa shape index (κ1) is 18.5. The Balaban J connectivity index is 1.87. The Hall–Kier alpha value is -2.32. The fraction of sp³-hybridized carbons (Fsp3) is 0.0588. The fourth-order valence-electron chi connectivity index (χ4n) is 2.15. The molecular weight excluding hydrogens is 392 g/mol. The number of nitrogens with zero attached hydrogens (tertiary/aromatic N) is 1.